The lowest BCUT2D eigenvalue weighted by atomic mass is 9.92. The predicted octanol–water partition coefficient (Wildman–Crippen LogP) is 4.21. The Labute approximate surface area is 104 Å². The van der Waals surface area contributed by atoms with Crippen molar-refractivity contribution in [1.29, 1.82) is 0 Å². The lowest BCUT2D eigenvalue weighted by molar-refractivity contribution is 0.502. The van der Waals surface area contributed by atoms with Crippen molar-refractivity contribution in [1.82, 2.24) is 0 Å². The molecule has 1 aromatic rings. The van der Waals surface area contributed by atoms with Crippen LogP contribution in [0.2, 0.25) is 5.02 Å². The Morgan fingerprint density at radius 2 is 2.00 bits per heavy atom. The molecule has 0 aromatic heterocycles. The van der Waals surface area contributed by atoms with Crippen LogP contribution in [0.25, 0.3) is 0 Å². The molecule has 1 unspecified atom stereocenters. The Kier molecular flexibility index (Phi) is 5.86. The van der Waals surface area contributed by atoms with Gasteiger partial charge in [0.2, 0.25) is 0 Å². The van der Waals surface area contributed by atoms with Crippen LogP contribution in [-0.2, 0) is 0 Å². The van der Waals surface area contributed by atoms with Gasteiger partial charge in [0.15, 0.2) is 0 Å². The number of hydrogen-bond donors (Lipinski definition) is 1. The minimum atomic E-state index is 0.456. The monoisotopic (exact) mass is 239 g/mol. The van der Waals surface area contributed by atoms with Crippen molar-refractivity contribution in [3.8, 4) is 0 Å². The molecule has 0 aliphatic rings. The molecule has 0 aliphatic carbocycles. The predicted molar refractivity (Wildman–Crippen MR) is 71.9 cm³/mol. The largest absolute Gasteiger partial charge is 0.330 e. The number of benzene rings is 1. The summed E-state index contributed by atoms with van der Waals surface area (Å²) < 4.78 is 0. The van der Waals surface area contributed by atoms with Gasteiger partial charge < -0.3 is 5.73 Å². The van der Waals surface area contributed by atoms with E-state index in [1.165, 1.54) is 18.4 Å². The Balaban J connectivity index is 2.53. The summed E-state index contributed by atoms with van der Waals surface area (Å²) in [7, 11) is 0. The van der Waals surface area contributed by atoms with E-state index < -0.39 is 0 Å². The number of rotatable bonds is 6. The standard InChI is InChI=1S/C14H22ClN/c1-11(2)5-3-7-13(10-16)12-6-4-8-14(15)9-12/h4,6,8-9,11,13H,3,5,7,10,16H2,1-2H3. The first-order valence-electron chi connectivity index (χ1n) is 6.09. The SMILES string of the molecule is CC(C)CCCC(CN)c1cccc(Cl)c1. The fourth-order valence-corrected chi connectivity index (χ4v) is 2.15. The van der Waals surface area contributed by atoms with Gasteiger partial charge in [0.05, 0.1) is 0 Å². The van der Waals surface area contributed by atoms with Crippen LogP contribution >= 0.6 is 11.6 Å². The van der Waals surface area contributed by atoms with Gasteiger partial charge in [-0.25, -0.2) is 0 Å². The van der Waals surface area contributed by atoms with Crippen molar-refractivity contribution in [2.24, 2.45) is 11.7 Å². The van der Waals surface area contributed by atoms with Crippen LogP contribution in [0.4, 0.5) is 0 Å². The van der Waals surface area contributed by atoms with E-state index in [1.807, 2.05) is 18.2 Å². The third kappa shape index (κ3) is 4.54. The van der Waals surface area contributed by atoms with E-state index in [2.05, 4.69) is 19.9 Å². The molecule has 1 nitrogen and oxygen atoms in total. The maximum Gasteiger partial charge on any atom is 0.0408 e. The van der Waals surface area contributed by atoms with E-state index in [0.29, 0.717) is 12.5 Å². The van der Waals surface area contributed by atoms with E-state index >= 15 is 0 Å². The number of hydrogen-bond acceptors (Lipinski definition) is 1. The summed E-state index contributed by atoms with van der Waals surface area (Å²) in [6, 6.07) is 8.07. The summed E-state index contributed by atoms with van der Waals surface area (Å²) in [5.74, 6) is 1.23. The molecular formula is C14H22ClN. The molecule has 1 rings (SSSR count). The minimum Gasteiger partial charge on any atom is -0.330 e. The Hall–Kier alpha value is -0.530. The Bertz CT molecular complexity index is 309. The molecule has 0 spiro atoms. The average Bonchev–Trinajstić information content (AvgIpc) is 2.24. The van der Waals surface area contributed by atoms with Crippen LogP contribution in [0.5, 0.6) is 0 Å². The second-order valence-electron chi connectivity index (χ2n) is 4.81. The first-order chi connectivity index (χ1) is 7.63. The van der Waals surface area contributed by atoms with E-state index in [9.17, 15) is 0 Å². The van der Waals surface area contributed by atoms with Crippen molar-refractivity contribution in [3.63, 3.8) is 0 Å². The molecule has 0 fully saturated rings. The van der Waals surface area contributed by atoms with Crippen LogP contribution in [0.3, 0.4) is 0 Å². The minimum absolute atomic E-state index is 0.456. The first kappa shape index (κ1) is 13.5. The van der Waals surface area contributed by atoms with Gasteiger partial charge in [0, 0.05) is 5.02 Å². The zero-order valence-electron chi connectivity index (χ0n) is 10.2. The molecule has 0 radical (unpaired) electrons. The van der Waals surface area contributed by atoms with E-state index in [0.717, 1.165) is 17.4 Å². The number of nitrogens with two attached hydrogens (primary N) is 1. The van der Waals surface area contributed by atoms with Gasteiger partial charge in [0.1, 0.15) is 0 Å². The first-order valence-corrected chi connectivity index (χ1v) is 6.46. The molecule has 0 amide bonds. The highest BCUT2D eigenvalue weighted by atomic mass is 35.5. The third-order valence-corrected chi connectivity index (χ3v) is 3.17. The van der Waals surface area contributed by atoms with Crippen molar-refractivity contribution >= 4 is 11.6 Å². The second-order valence-corrected chi connectivity index (χ2v) is 5.25. The maximum atomic E-state index is 5.99. The molecule has 2 N–H and O–H groups in total. The smallest absolute Gasteiger partial charge is 0.0408 e. The zero-order chi connectivity index (χ0) is 12.0. The summed E-state index contributed by atoms with van der Waals surface area (Å²) >= 11 is 5.99. The van der Waals surface area contributed by atoms with Crippen LogP contribution in [-0.4, -0.2) is 6.54 Å². The number of halogens is 1. The van der Waals surface area contributed by atoms with Gasteiger partial charge in [-0.2, -0.15) is 0 Å². The topological polar surface area (TPSA) is 26.0 Å². The molecule has 90 valence electrons. The summed E-state index contributed by atoms with van der Waals surface area (Å²) in [5, 5.41) is 0.805. The van der Waals surface area contributed by atoms with Crippen LogP contribution in [0.15, 0.2) is 24.3 Å². The van der Waals surface area contributed by atoms with Crippen molar-refractivity contribution in [2.45, 2.75) is 39.0 Å². The molecule has 0 aliphatic heterocycles. The molecule has 0 bridgehead atoms. The summed E-state index contributed by atoms with van der Waals surface area (Å²) in [6.45, 7) is 5.23. The quantitative estimate of drug-likeness (QED) is 0.791. The average molecular weight is 240 g/mol. The maximum absolute atomic E-state index is 5.99. The molecular weight excluding hydrogens is 218 g/mol. The molecule has 0 saturated carbocycles. The van der Waals surface area contributed by atoms with Crippen LogP contribution < -0.4 is 5.73 Å². The van der Waals surface area contributed by atoms with Crippen molar-refractivity contribution in [2.75, 3.05) is 6.54 Å². The van der Waals surface area contributed by atoms with Crippen molar-refractivity contribution < 1.29 is 0 Å². The molecule has 2 heteroatoms. The van der Waals surface area contributed by atoms with Crippen LogP contribution in [0.1, 0.15) is 44.6 Å². The van der Waals surface area contributed by atoms with Gasteiger partial charge in [-0.15, -0.1) is 0 Å². The van der Waals surface area contributed by atoms with E-state index in [4.69, 9.17) is 17.3 Å². The molecule has 0 heterocycles. The highest BCUT2D eigenvalue weighted by molar-refractivity contribution is 6.30. The van der Waals surface area contributed by atoms with Gasteiger partial charge in [-0.1, -0.05) is 50.4 Å². The van der Waals surface area contributed by atoms with Gasteiger partial charge >= 0.3 is 0 Å². The molecule has 0 saturated heterocycles. The van der Waals surface area contributed by atoms with Gasteiger partial charge in [0.25, 0.3) is 0 Å². The Morgan fingerprint density at radius 3 is 2.56 bits per heavy atom. The van der Waals surface area contributed by atoms with Crippen LogP contribution in [0, 0.1) is 5.92 Å². The lowest BCUT2D eigenvalue weighted by Gasteiger charge is -2.16. The highest BCUT2D eigenvalue weighted by Gasteiger charge is 2.10. The summed E-state index contributed by atoms with van der Waals surface area (Å²) in [5.41, 5.74) is 7.11. The summed E-state index contributed by atoms with van der Waals surface area (Å²) in [4.78, 5) is 0. The molecule has 1 atom stereocenters. The van der Waals surface area contributed by atoms with Crippen molar-refractivity contribution in [3.05, 3.63) is 34.9 Å². The zero-order valence-corrected chi connectivity index (χ0v) is 11.0. The third-order valence-electron chi connectivity index (χ3n) is 2.94. The lowest BCUT2D eigenvalue weighted by Crippen LogP contribution is -2.12. The fraction of sp³-hybridized carbons (Fsp3) is 0.571. The fourth-order valence-electron chi connectivity index (χ4n) is 1.95. The Morgan fingerprint density at radius 1 is 1.25 bits per heavy atom. The summed E-state index contributed by atoms with van der Waals surface area (Å²) in [6.07, 6.45) is 3.68. The highest BCUT2D eigenvalue weighted by Crippen LogP contribution is 2.24. The normalized spacial score (nSPS) is 13.1. The second kappa shape index (κ2) is 6.93. The van der Waals surface area contributed by atoms with E-state index in [1.54, 1.807) is 0 Å². The molecule has 1 aromatic carbocycles. The van der Waals surface area contributed by atoms with Gasteiger partial charge in [-0.05, 0) is 42.5 Å². The van der Waals surface area contributed by atoms with Gasteiger partial charge in [-0.3, -0.25) is 0 Å². The molecule has 16 heavy (non-hydrogen) atoms. The van der Waals surface area contributed by atoms with E-state index in [-0.39, 0.29) is 0 Å².